The molecule has 0 radical (unpaired) electrons. The summed E-state index contributed by atoms with van der Waals surface area (Å²) in [4.78, 5) is 42.7. The van der Waals surface area contributed by atoms with Gasteiger partial charge in [-0.15, -0.1) is 0 Å². The Morgan fingerprint density at radius 1 is 1.17 bits per heavy atom. The Morgan fingerprint density at radius 3 is 2.51 bits per heavy atom. The van der Waals surface area contributed by atoms with Crippen LogP contribution in [0, 0.1) is 5.92 Å². The van der Waals surface area contributed by atoms with Crippen LogP contribution in [0.2, 0.25) is 5.02 Å². The van der Waals surface area contributed by atoms with Crippen molar-refractivity contribution in [2.24, 2.45) is 5.92 Å². The number of carbonyl (C=O) groups is 1. The molecule has 0 bridgehead atoms. The Morgan fingerprint density at radius 2 is 1.89 bits per heavy atom. The number of carbonyl (C=O) groups excluding carboxylic acids is 1. The van der Waals surface area contributed by atoms with Crippen molar-refractivity contribution < 1.29 is 23.4 Å². The van der Waals surface area contributed by atoms with Gasteiger partial charge in [0.2, 0.25) is 5.58 Å². The molecule has 0 spiro atoms. The number of aromatic nitrogens is 2. The van der Waals surface area contributed by atoms with Crippen molar-refractivity contribution in [3.05, 3.63) is 62.5 Å². The Balaban J connectivity index is 1.88. The first-order valence-electron chi connectivity index (χ1n) is 11.4. The zero-order valence-electron chi connectivity index (χ0n) is 20.3. The highest BCUT2D eigenvalue weighted by atomic mass is 35.5. The molecule has 0 aliphatic carbocycles. The van der Waals surface area contributed by atoms with Crippen LogP contribution in [0.15, 0.2) is 50.5 Å². The molecule has 3 atom stereocenters. The van der Waals surface area contributed by atoms with E-state index in [9.17, 15) is 14.4 Å². The second kappa shape index (κ2) is 11.4. The standard InChI is InChI=1S/C25H29ClN2O7/c1-6-16(7-2)21(34-18-10-8-9-17(26)13-18)15(4)33-24(30)14(3)28-23(29)20-22(35-25(28)31)19(32-5)11-12-27-20/h8-16,21H,6-7H2,1-5H3/t14-,15-,21-/m0/s1. The summed E-state index contributed by atoms with van der Waals surface area (Å²) in [6.45, 7) is 7.17. The number of rotatable bonds is 10. The molecule has 3 rings (SSSR count). The molecule has 0 aliphatic rings. The highest BCUT2D eigenvalue weighted by Crippen LogP contribution is 2.27. The number of methoxy groups -OCH3 is 1. The normalized spacial score (nSPS) is 13.9. The topological polar surface area (TPSA) is 110 Å². The SMILES string of the molecule is CCC(CC)[C@@H](Oc1cccc(Cl)c1)[C@H](C)OC(=O)[C@H](C)n1c(=O)oc2c(OC)ccnc2c1=O. The first-order valence-corrected chi connectivity index (χ1v) is 11.8. The van der Waals surface area contributed by atoms with E-state index in [0.717, 1.165) is 12.8 Å². The van der Waals surface area contributed by atoms with Crippen LogP contribution in [0.3, 0.4) is 0 Å². The highest BCUT2D eigenvalue weighted by molar-refractivity contribution is 6.30. The summed E-state index contributed by atoms with van der Waals surface area (Å²) in [6, 6.07) is 7.19. The number of pyridine rings is 1. The number of nitrogens with zero attached hydrogens (tertiary/aromatic N) is 2. The van der Waals surface area contributed by atoms with E-state index < -0.39 is 35.5 Å². The van der Waals surface area contributed by atoms with Gasteiger partial charge in [-0.05, 0) is 50.8 Å². The molecule has 188 valence electrons. The van der Waals surface area contributed by atoms with Crippen molar-refractivity contribution in [3.8, 4) is 11.5 Å². The van der Waals surface area contributed by atoms with E-state index in [2.05, 4.69) is 4.98 Å². The minimum Gasteiger partial charge on any atom is -0.493 e. The number of fused-ring (bicyclic) bond motifs is 1. The predicted molar refractivity (Wildman–Crippen MR) is 131 cm³/mol. The lowest BCUT2D eigenvalue weighted by Gasteiger charge is -2.31. The summed E-state index contributed by atoms with van der Waals surface area (Å²) >= 11 is 6.09. The number of hydrogen-bond donors (Lipinski definition) is 0. The van der Waals surface area contributed by atoms with Gasteiger partial charge in [0.1, 0.15) is 24.0 Å². The minimum absolute atomic E-state index is 0.0808. The third-order valence-corrected chi connectivity index (χ3v) is 6.21. The van der Waals surface area contributed by atoms with Crippen LogP contribution in [-0.4, -0.2) is 34.8 Å². The Kier molecular flexibility index (Phi) is 8.56. The van der Waals surface area contributed by atoms with Gasteiger partial charge in [0, 0.05) is 17.3 Å². The van der Waals surface area contributed by atoms with Crippen molar-refractivity contribution in [3.63, 3.8) is 0 Å². The Bertz CT molecular complexity index is 1300. The van der Waals surface area contributed by atoms with Crippen LogP contribution in [0.1, 0.15) is 46.6 Å². The number of ether oxygens (including phenoxy) is 3. The largest absolute Gasteiger partial charge is 0.493 e. The van der Waals surface area contributed by atoms with Crippen LogP contribution >= 0.6 is 11.6 Å². The zero-order valence-corrected chi connectivity index (χ0v) is 21.1. The summed E-state index contributed by atoms with van der Waals surface area (Å²) in [7, 11) is 1.38. The average molecular weight is 505 g/mol. The second-order valence-corrected chi connectivity index (χ2v) is 8.60. The Labute approximate surface area is 207 Å². The minimum atomic E-state index is -1.26. The lowest BCUT2D eigenvalue weighted by Crippen LogP contribution is -2.43. The van der Waals surface area contributed by atoms with Crippen LogP contribution in [0.4, 0.5) is 0 Å². The predicted octanol–water partition coefficient (Wildman–Crippen LogP) is 4.39. The molecule has 0 saturated carbocycles. The molecule has 0 unspecified atom stereocenters. The number of esters is 1. The highest BCUT2D eigenvalue weighted by Gasteiger charge is 2.32. The van der Waals surface area contributed by atoms with E-state index in [0.29, 0.717) is 15.3 Å². The van der Waals surface area contributed by atoms with Crippen LogP contribution in [0.5, 0.6) is 11.5 Å². The van der Waals surface area contributed by atoms with E-state index >= 15 is 0 Å². The maximum absolute atomic E-state index is 13.0. The van der Waals surface area contributed by atoms with Crippen LogP contribution in [0.25, 0.3) is 11.1 Å². The van der Waals surface area contributed by atoms with E-state index in [-0.39, 0.29) is 22.8 Å². The van der Waals surface area contributed by atoms with Gasteiger partial charge in [-0.2, -0.15) is 0 Å². The van der Waals surface area contributed by atoms with E-state index in [1.165, 1.54) is 26.3 Å². The average Bonchev–Trinajstić information content (AvgIpc) is 2.83. The molecular formula is C25H29ClN2O7. The van der Waals surface area contributed by atoms with E-state index in [4.69, 9.17) is 30.2 Å². The second-order valence-electron chi connectivity index (χ2n) is 8.17. The Hall–Kier alpha value is -3.33. The van der Waals surface area contributed by atoms with Gasteiger partial charge in [-0.1, -0.05) is 31.5 Å². The lowest BCUT2D eigenvalue weighted by atomic mass is 9.93. The van der Waals surface area contributed by atoms with Gasteiger partial charge in [0.05, 0.1) is 7.11 Å². The van der Waals surface area contributed by atoms with Gasteiger partial charge >= 0.3 is 11.7 Å². The molecule has 0 fully saturated rings. The molecule has 0 N–H and O–H groups in total. The monoisotopic (exact) mass is 504 g/mol. The summed E-state index contributed by atoms with van der Waals surface area (Å²) in [5, 5.41) is 0.525. The fraction of sp³-hybridized carbons (Fsp3) is 0.440. The zero-order chi connectivity index (χ0) is 25.7. The molecule has 35 heavy (non-hydrogen) atoms. The third-order valence-electron chi connectivity index (χ3n) is 5.97. The fourth-order valence-electron chi connectivity index (χ4n) is 3.99. The first-order chi connectivity index (χ1) is 16.7. The fourth-order valence-corrected chi connectivity index (χ4v) is 4.17. The molecule has 10 heteroatoms. The van der Waals surface area contributed by atoms with Crippen molar-refractivity contribution in [1.82, 2.24) is 9.55 Å². The summed E-state index contributed by atoms with van der Waals surface area (Å²) < 4.78 is 23.0. The number of hydrogen-bond acceptors (Lipinski definition) is 8. The van der Waals surface area contributed by atoms with Crippen LogP contribution in [-0.2, 0) is 9.53 Å². The van der Waals surface area contributed by atoms with E-state index in [1.807, 2.05) is 13.8 Å². The van der Waals surface area contributed by atoms with Crippen molar-refractivity contribution in [2.45, 2.75) is 58.8 Å². The summed E-state index contributed by atoms with van der Waals surface area (Å²) in [5.74, 6) is -0.974. The van der Waals surface area contributed by atoms with Gasteiger partial charge in [-0.3, -0.25) is 4.79 Å². The van der Waals surface area contributed by atoms with Crippen LogP contribution < -0.4 is 20.8 Å². The maximum atomic E-state index is 13.0. The molecule has 0 aliphatic heterocycles. The molecular weight excluding hydrogens is 476 g/mol. The van der Waals surface area contributed by atoms with Gasteiger partial charge in [-0.25, -0.2) is 19.1 Å². The molecule has 0 amide bonds. The first kappa shape index (κ1) is 26.3. The van der Waals surface area contributed by atoms with Gasteiger partial charge in [0.25, 0.3) is 5.56 Å². The summed E-state index contributed by atoms with van der Waals surface area (Å²) in [6.07, 6.45) is 1.78. The van der Waals surface area contributed by atoms with E-state index in [1.54, 1.807) is 31.2 Å². The quantitative estimate of drug-likeness (QED) is 0.374. The molecule has 1 aromatic carbocycles. The van der Waals surface area contributed by atoms with Crippen molar-refractivity contribution in [1.29, 1.82) is 0 Å². The maximum Gasteiger partial charge on any atom is 0.423 e. The van der Waals surface area contributed by atoms with Crippen molar-refractivity contribution in [2.75, 3.05) is 7.11 Å². The summed E-state index contributed by atoms with van der Waals surface area (Å²) in [5.41, 5.74) is -0.992. The van der Waals surface area contributed by atoms with Gasteiger partial charge in [0.15, 0.2) is 11.3 Å². The molecule has 0 saturated heterocycles. The smallest absolute Gasteiger partial charge is 0.423 e. The molecule has 2 aromatic heterocycles. The number of benzene rings is 1. The third kappa shape index (κ3) is 5.67. The van der Waals surface area contributed by atoms with Crippen molar-refractivity contribution >= 4 is 28.7 Å². The molecule has 9 nitrogen and oxygen atoms in total. The lowest BCUT2D eigenvalue weighted by molar-refractivity contribution is -0.158. The molecule has 3 aromatic rings. The number of halogens is 1. The molecule has 2 heterocycles. The van der Waals surface area contributed by atoms with Gasteiger partial charge < -0.3 is 18.6 Å².